The average Bonchev–Trinajstić information content (AvgIpc) is 2.93. The minimum Gasteiger partial charge on any atom is -0.360 e. The Kier molecular flexibility index (Phi) is 5.87. The van der Waals surface area contributed by atoms with E-state index in [1.165, 1.54) is 0 Å². The predicted molar refractivity (Wildman–Crippen MR) is 89.2 cm³/mol. The van der Waals surface area contributed by atoms with Crippen molar-refractivity contribution in [1.29, 1.82) is 0 Å². The van der Waals surface area contributed by atoms with E-state index >= 15 is 0 Å². The average molecular weight is 316 g/mol. The molecule has 2 heterocycles. The fourth-order valence-electron chi connectivity index (χ4n) is 2.39. The minimum atomic E-state index is -0.0625. The molecule has 0 radical (unpaired) electrons. The number of amides is 1. The van der Waals surface area contributed by atoms with E-state index in [2.05, 4.69) is 29.1 Å². The Hall–Kier alpha value is -2.21. The zero-order valence-corrected chi connectivity index (χ0v) is 14.2. The molecule has 0 aliphatic rings. The van der Waals surface area contributed by atoms with Gasteiger partial charge in [0.05, 0.1) is 0 Å². The lowest BCUT2D eigenvalue weighted by Crippen LogP contribution is -2.29. The normalized spacial score (nSPS) is 11.0. The summed E-state index contributed by atoms with van der Waals surface area (Å²) < 4.78 is 5.25. The molecule has 0 saturated heterocycles. The molecule has 0 bridgehead atoms. The Balaban J connectivity index is 2.09. The number of aryl methyl sites for hydroxylation is 1. The van der Waals surface area contributed by atoms with Gasteiger partial charge in [-0.25, -0.2) is 0 Å². The lowest BCUT2D eigenvalue weighted by molar-refractivity contribution is 0.0791. The van der Waals surface area contributed by atoms with Gasteiger partial charge in [0.2, 0.25) is 0 Å². The van der Waals surface area contributed by atoms with Crippen LogP contribution in [-0.2, 0) is 0 Å². The van der Waals surface area contributed by atoms with E-state index in [0.29, 0.717) is 23.6 Å². The second-order valence-corrected chi connectivity index (χ2v) is 5.94. The summed E-state index contributed by atoms with van der Waals surface area (Å²) in [6.07, 6.45) is 5.40. The Labute approximate surface area is 137 Å². The quantitative estimate of drug-likeness (QED) is 0.734. The molecule has 0 unspecified atom stereocenters. The smallest absolute Gasteiger partial charge is 0.259 e. The molecule has 1 amide bonds. The molecule has 23 heavy (non-hydrogen) atoms. The van der Waals surface area contributed by atoms with Crippen molar-refractivity contribution in [2.24, 2.45) is 0 Å². The number of nitrogens with zero attached hydrogens (tertiary/aromatic N) is 4. The first kappa shape index (κ1) is 17.1. The van der Waals surface area contributed by atoms with Gasteiger partial charge in [-0.3, -0.25) is 9.78 Å². The van der Waals surface area contributed by atoms with Gasteiger partial charge < -0.3 is 14.3 Å². The van der Waals surface area contributed by atoms with E-state index in [9.17, 15) is 4.79 Å². The molecule has 0 N–H and O–H groups in total. The molecular formula is C17H24N4O2. The van der Waals surface area contributed by atoms with Crippen molar-refractivity contribution < 1.29 is 9.32 Å². The third kappa shape index (κ3) is 4.39. The van der Waals surface area contributed by atoms with E-state index in [1.807, 2.05) is 19.2 Å². The zero-order chi connectivity index (χ0) is 16.8. The molecule has 2 rings (SSSR count). The zero-order valence-electron chi connectivity index (χ0n) is 14.2. The van der Waals surface area contributed by atoms with Crippen molar-refractivity contribution in [2.45, 2.75) is 19.8 Å². The summed E-state index contributed by atoms with van der Waals surface area (Å²) in [5, 5.41) is 4.04. The van der Waals surface area contributed by atoms with Gasteiger partial charge in [0, 0.05) is 31.5 Å². The first-order chi connectivity index (χ1) is 11.0. The highest BCUT2D eigenvalue weighted by Gasteiger charge is 2.24. The first-order valence-electron chi connectivity index (χ1n) is 7.77. The molecule has 0 aromatic carbocycles. The molecule has 6 nitrogen and oxygen atoms in total. The van der Waals surface area contributed by atoms with E-state index in [1.54, 1.807) is 24.2 Å². The van der Waals surface area contributed by atoms with Gasteiger partial charge >= 0.3 is 0 Å². The Bertz CT molecular complexity index is 637. The third-order valence-corrected chi connectivity index (χ3v) is 3.71. The highest BCUT2D eigenvalue weighted by molar-refractivity contribution is 6.00. The van der Waals surface area contributed by atoms with Gasteiger partial charge in [-0.1, -0.05) is 5.16 Å². The summed E-state index contributed by atoms with van der Waals surface area (Å²) in [6.45, 7) is 3.50. The van der Waals surface area contributed by atoms with Gasteiger partial charge in [0.25, 0.3) is 5.91 Å². The molecule has 0 fully saturated rings. The fraction of sp³-hybridized carbons (Fsp3) is 0.471. The highest BCUT2D eigenvalue weighted by Crippen LogP contribution is 2.25. The number of rotatable bonds is 7. The molecule has 0 aliphatic heterocycles. The van der Waals surface area contributed by atoms with Crippen molar-refractivity contribution in [3.8, 4) is 11.3 Å². The van der Waals surface area contributed by atoms with Crippen LogP contribution in [0.5, 0.6) is 0 Å². The Morgan fingerprint density at radius 3 is 2.61 bits per heavy atom. The summed E-state index contributed by atoms with van der Waals surface area (Å²) in [5.74, 6) is 0.474. The maximum Gasteiger partial charge on any atom is 0.259 e. The van der Waals surface area contributed by atoms with Crippen LogP contribution in [0.2, 0.25) is 0 Å². The van der Waals surface area contributed by atoms with Gasteiger partial charge in [0.1, 0.15) is 17.0 Å². The summed E-state index contributed by atoms with van der Waals surface area (Å²) in [7, 11) is 5.92. The standard InChI is InChI=1S/C17H24N4O2/c1-13-15(16(19-23-13)14-8-7-9-18-12-14)17(22)21(4)11-6-5-10-20(2)3/h7-9,12H,5-6,10-11H2,1-4H3. The number of hydrogen-bond acceptors (Lipinski definition) is 5. The minimum absolute atomic E-state index is 0.0625. The topological polar surface area (TPSA) is 62.5 Å². The van der Waals surface area contributed by atoms with Crippen LogP contribution in [0.4, 0.5) is 0 Å². The van der Waals surface area contributed by atoms with Crippen LogP contribution in [-0.4, -0.2) is 60.1 Å². The maximum absolute atomic E-state index is 12.7. The van der Waals surface area contributed by atoms with Crippen molar-refractivity contribution in [2.75, 3.05) is 34.2 Å². The van der Waals surface area contributed by atoms with Crippen molar-refractivity contribution in [3.05, 3.63) is 35.9 Å². The van der Waals surface area contributed by atoms with Gasteiger partial charge in [-0.15, -0.1) is 0 Å². The number of aromatic nitrogens is 2. The predicted octanol–water partition coefficient (Wildman–Crippen LogP) is 2.46. The van der Waals surface area contributed by atoms with Crippen LogP contribution < -0.4 is 0 Å². The summed E-state index contributed by atoms with van der Waals surface area (Å²) in [6, 6.07) is 3.69. The molecule has 0 spiro atoms. The molecule has 6 heteroatoms. The van der Waals surface area contributed by atoms with Crippen molar-refractivity contribution >= 4 is 5.91 Å². The SMILES string of the molecule is Cc1onc(-c2cccnc2)c1C(=O)N(C)CCCCN(C)C. The summed E-state index contributed by atoms with van der Waals surface area (Å²) in [4.78, 5) is 20.7. The number of hydrogen-bond donors (Lipinski definition) is 0. The van der Waals surface area contributed by atoms with Gasteiger partial charge in [-0.05, 0) is 52.5 Å². The van der Waals surface area contributed by atoms with E-state index < -0.39 is 0 Å². The molecule has 2 aromatic heterocycles. The van der Waals surface area contributed by atoms with Crippen LogP contribution in [0.15, 0.2) is 29.0 Å². The monoisotopic (exact) mass is 316 g/mol. The van der Waals surface area contributed by atoms with Crippen molar-refractivity contribution in [3.63, 3.8) is 0 Å². The summed E-state index contributed by atoms with van der Waals surface area (Å²) >= 11 is 0. The number of pyridine rings is 1. The number of carbonyl (C=O) groups excluding carboxylic acids is 1. The van der Waals surface area contributed by atoms with E-state index in [0.717, 1.165) is 24.9 Å². The largest absolute Gasteiger partial charge is 0.360 e. The molecule has 0 atom stereocenters. The molecule has 2 aromatic rings. The van der Waals surface area contributed by atoms with E-state index in [-0.39, 0.29) is 5.91 Å². The van der Waals surface area contributed by atoms with Gasteiger partial charge in [-0.2, -0.15) is 0 Å². The molecule has 0 aliphatic carbocycles. The molecule has 0 saturated carbocycles. The maximum atomic E-state index is 12.7. The third-order valence-electron chi connectivity index (χ3n) is 3.71. The van der Waals surface area contributed by atoms with Crippen molar-refractivity contribution in [1.82, 2.24) is 19.9 Å². The fourth-order valence-corrected chi connectivity index (χ4v) is 2.39. The Morgan fingerprint density at radius 2 is 1.96 bits per heavy atom. The lowest BCUT2D eigenvalue weighted by atomic mass is 10.1. The molecular weight excluding hydrogens is 292 g/mol. The Morgan fingerprint density at radius 1 is 1.22 bits per heavy atom. The second-order valence-electron chi connectivity index (χ2n) is 5.94. The van der Waals surface area contributed by atoms with Crippen LogP contribution in [0, 0.1) is 6.92 Å². The second kappa shape index (κ2) is 7.87. The van der Waals surface area contributed by atoms with Crippen LogP contribution in [0.25, 0.3) is 11.3 Å². The number of unbranched alkanes of at least 4 members (excludes halogenated alkanes) is 1. The van der Waals surface area contributed by atoms with E-state index in [4.69, 9.17) is 4.52 Å². The lowest BCUT2D eigenvalue weighted by Gasteiger charge is -2.18. The van der Waals surface area contributed by atoms with Crippen LogP contribution >= 0.6 is 0 Å². The number of carbonyl (C=O) groups is 1. The first-order valence-corrected chi connectivity index (χ1v) is 7.77. The van der Waals surface area contributed by atoms with Crippen LogP contribution in [0.1, 0.15) is 29.0 Å². The summed E-state index contributed by atoms with van der Waals surface area (Å²) in [5.41, 5.74) is 1.86. The van der Waals surface area contributed by atoms with Crippen LogP contribution in [0.3, 0.4) is 0 Å². The molecule has 124 valence electrons. The highest BCUT2D eigenvalue weighted by atomic mass is 16.5. The van der Waals surface area contributed by atoms with Gasteiger partial charge in [0.15, 0.2) is 0 Å².